The van der Waals surface area contributed by atoms with Gasteiger partial charge >= 0.3 is 6.09 Å². The van der Waals surface area contributed by atoms with Gasteiger partial charge in [0.05, 0.1) is 18.2 Å². The Hall–Kier alpha value is -1.30. The molecule has 2 fully saturated rings. The van der Waals surface area contributed by atoms with Gasteiger partial charge in [-0.25, -0.2) is 4.79 Å². The Balaban J connectivity index is 1.84. The van der Waals surface area contributed by atoms with Crippen LogP contribution in [-0.4, -0.2) is 53.8 Å². The maximum Gasteiger partial charge on any atom is 0.410 e. The van der Waals surface area contributed by atoms with Crippen molar-refractivity contribution in [1.29, 1.82) is 0 Å². The highest BCUT2D eigenvalue weighted by molar-refractivity contribution is 5.81. The minimum absolute atomic E-state index is 0.0549. The topological polar surface area (TPSA) is 67.9 Å². The van der Waals surface area contributed by atoms with Crippen LogP contribution in [0.25, 0.3) is 0 Å². The van der Waals surface area contributed by atoms with Crippen molar-refractivity contribution in [2.75, 3.05) is 19.7 Å². The first-order valence-electron chi connectivity index (χ1n) is 8.83. The zero-order valence-electron chi connectivity index (χ0n) is 15.9. The molecule has 0 bridgehead atoms. The summed E-state index contributed by atoms with van der Waals surface area (Å²) in [5.74, 6) is 0.0549. The Morgan fingerprint density at radius 3 is 2.21 bits per heavy atom. The Kier molecular flexibility index (Phi) is 5.19. The Morgan fingerprint density at radius 1 is 1.12 bits per heavy atom. The van der Waals surface area contributed by atoms with Crippen molar-refractivity contribution in [1.82, 2.24) is 10.2 Å². The number of ether oxygens (including phenoxy) is 2. The molecule has 0 aromatic heterocycles. The molecule has 138 valence electrons. The predicted octanol–water partition coefficient (Wildman–Crippen LogP) is 2.71. The molecule has 0 radical (unpaired) electrons. The molecule has 6 nitrogen and oxygen atoms in total. The van der Waals surface area contributed by atoms with E-state index in [0.29, 0.717) is 19.7 Å². The minimum atomic E-state index is -0.474. The summed E-state index contributed by atoms with van der Waals surface area (Å²) in [5.41, 5.74) is -1.08. The zero-order valence-corrected chi connectivity index (χ0v) is 15.9. The zero-order chi connectivity index (χ0) is 18.2. The average Bonchev–Trinajstić information content (AvgIpc) is 2.79. The highest BCUT2D eigenvalue weighted by Crippen LogP contribution is 2.36. The van der Waals surface area contributed by atoms with Gasteiger partial charge in [0.2, 0.25) is 5.91 Å². The van der Waals surface area contributed by atoms with E-state index in [-0.39, 0.29) is 23.6 Å². The Bertz CT molecular complexity index is 482. The normalized spacial score (nSPS) is 24.1. The first-order valence-corrected chi connectivity index (χ1v) is 8.83. The number of carbonyl (C=O) groups excluding carboxylic acids is 2. The van der Waals surface area contributed by atoms with Gasteiger partial charge in [-0.15, -0.1) is 0 Å². The summed E-state index contributed by atoms with van der Waals surface area (Å²) in [6, 6.07) is 0.0600. The molecule has 2 aliphatic rings. The summed E-state index contributed by atoms with van der Waals surface area (Å²) in [7, 11) is 0. The van der Waals surface area contributed by atoms with Gasteiger partial charge in [0.1, 0.15) is 5.60 Å². The molecule has 0 aromatic rings. The summed E-state index contributed by atoms with van der Waals surface area (Å²) in [6.07, 6.45) is 2.13. The molecule has 0 aliphatic carbocycles. The minimum Gasteiger partial charge on any atom is -0.444 e. The van der Waals surface area contributed by atoms with Crippen molar-refractivity contribution < 1.29 is 19.1 Å². The molecule has 6 heteroatoms. The van der Waals surface area contributed by atoms with Gasteiger partial charge < -0.3 is 19.7 Å². The number of hydrogen-bond acceptors (Lipinski definition) is 4. The lowest BCUT2D eigenvalue weighted by atomic mass is 9.87. The molecule has 0 unspecified atom stereocenters. The van der Waals surface area contributed by atoms with Crippen LogP contribution in [0.2, 0.25) is 0 Å². The third-order valence-electron chi connectivity index (χ3n) is 4.55. The van der Waals surface area contributed by atoms with E-state index < -0.39 is 11.0 Å². The number of nitrogens with zero attached hydrogens (tertiary/aromatic N) is 1. The molecule has 1 N–H and O–H groups in total. The number of amides is 2. The first kappa shape index (κ1) is 19.0. The molecule has 2 saturated heterocycles. The molecular weight excluding hydrogens is 308 g/mol. The lowest BCUT2D eigenvalue weighted by Gasteiger charge is -2.39. The van der Waals surface area contributed by atoms with Crippen molar-refractivity contribution in [3.63, 3.8) is 0 Å². The number of hydrogen-bond donors (Lipinski definition) is 1. The molecule has 0 saturated carbocycles. The van der Waals surface area contributed by atoms with Crippen molar-refractivity contribution in [2.24, 2.45) is 5.41 Å². The molecule has 2 rings (SSSR count). The highest BCUT2D eigenvalue weighted by atomic mass is 16.6. The predicted molar refractivity (Wildman–Crippen MR) is 91.7 cm³/mol. The molecule has 0 aromatic carbocycles. The number of carbonyl (C=O) groups is 2. The van der Waals surface area contributed by atoms with Crippen molar-refractivity contribution in [3.05, 3.63) is 0 Å². The van der Waals surface area contributed by atoms with E-state index in [0.717, 1.165) is 19.3 Å². The fourth-order valence-electron chi connectivity index (χ4n) is 3.11. The monoisotopic (exact) mass is 340 g/mol. The summed E-state index contributed by atoms with van der Waals surface area (Å²) in [5, 5.41) is 3.09. The summed E-state index contributed by atoms with van der Waals surface area (Å²) >= 11 is 0. The largest absolute Gasteiger partial charge is 0.444 e. The van der Waals surface area contributed by atoms with Gasteiger partial charge in [0.15, 0.2) is 0 Å². The van der Waals surface area contributed by atoms with E-state index in [4.69, 9.17) is 9.47 Å². The highest BCUT2D eigenvalue weighted by Gasteiger charge is 2.44. The van der Waals surface area contributed by atoms with Gasteiger partial charge in [0.25, 0.3) is 0 Å². The fourth-order valence-corrected chi connectivity index (χ4v) is 3.11. The second-order valence-electron chi connectivity index (χ2n) is 9.09. The van der Waals surface area contributed by atoms with Crippen LogP contribution in [0.3, 0.4) is 0 Å². The fraction of sp³-hybridized carbons (Fsp3) is 0.889. The maximum atomic E-state index is 12.1. The van der Waals surface area contributed by atoms with Gasteiger partial charge in [-0.05, 0) is 40.0 Å². The van der Waals surface area contributed by atoms with Gasteiger partial charge in [-0.2, -0.15) is 0 Å². The summed E-state index contributed by atoms with van der Waals surface area (Å²) in [6.45, 7) is 13.2. The van der Waals surface area contributed by atoms with Crippen molar-refractivity contribution in [3.8, 4) is 0 Å². The van der Waals surface area contributed by atoms with Crippen LogP contribution >= 0.6 is 0 Å². The van der Waals surface area contributed by atoms with Crippen LogP contribution < -0.4 is 5.32 Å². The van der Waals surface area contributed by atoms with E-state index in [1.54, 1.807) is 4.90 Å². The second-order valence-corrected chi connectivity index (χ2v) is 9.09. The van der Waals surface area contributed by atoms with Crippen LogP contribution in [0.5, 0.6) is 0 Å². The average molecular weight is 340 g/mol. The third-order valence-corrected chi connectivity index (χ3v) is 4.55. The quantitative estimate of drug-likeness (QED) is 0.797. The number of rotatable bonds is 1. The molecule has 24 heavy (non-hydrogen) atoms. The Labute approximate surface area is 145 Å². The lowest BCUT2D eigenvalue weighted by molar-refractivity contribution is -0.129. The maximum absolute atomic E-state index is 12.1. The number of likely N-dealkylation sites (tertiary alicyclic amines) is 1. The van der Waals surface area contributed by atoms with Crippen LogP contribution in [-0.2, 0) is 14.3 Å². The smallest absolute Gasteiger partial charge is 0.410 e. The Morgan fingerprint density at radius 2 is 1.71 bits per heavy atom. The van der Waals surface area contributed by atoms with Crippen LogP contribution in [0.4, 0.5) is 4.79 Å². The molecule has 1 atom stereocenters. The van der Waals surface area contributed by atoms with Crippen LogP contribution in [0.1, 0.15) is 60.8 Å². The van der Waals surface area contributed by atoms with Crippen molar-refractivity contribution in [2.45, 2.75) is 78.0 Å². The van der Waals surface area contributed by atoms with E-state index >= 15 is 0 Å². The van der Waals surface area contributed by atoms with E-state index in [1.165, 1.54) is 0 Å². The molecule has 2 aliphatic heterocycles. The van der Waals surface area contributed by atoms with Gasteiger partial charge in [-0.3, -0.25) is 4.79 Å². The number of piperidine rings is 1. The van der Waals surface area contributed by atoms with Gasteiger partial charge in [0, 0.05) is 18.5 Å². The molecule has 2 heterocycles. The van der Waals surface area contributed by atoms with Gasteiger partial charge in [-0.1, -0.05) is 20.8 Å². The SMILES string of the molecule is CC(C)(C)OC(=O)N1CCC2(CC1)C[C@@H](NC(=O)C(C)(C)C)CO2. The van der Waals surface area contributed by atoms with Crippen molar-refractivity contribution >= 4 is 12.0 Å². The standard InChI is InChI=1S/C18H32N2O4/c1-16(2,3)14(21)19-13-11-18(23-12-13)7-9-20(10-8-18)15(22)24-17(4,5)6/h13H,7-12H2,1-6H3,(H,19,21)/t13-/m1/s1. The van der Waals surface area contributed by atoms with E-state index in [1.807, 2.05) is 41.5 Å². The second kappa shape index (κ2) is 6.54. The third kappa shape index (κ3) is 4.85. The van der Waals surface area contributed by atoms with E-state index in [9.17, 15) is 9.59 Å². The van der Waals surface area contributed by atoms with E-state index in [2.05, 4.69) is 5.32 Å². The number of nitrogens with one attached hydrogen (secondary N) is 1. The first-order chi connectivity index (χ1) is 10.9. The van der Waals surface area contributed by atoms with Crippen LogP contribution in [0.15, 0.2) is 0 Å². The summed E-state index contributed by atoms with van der Waals surface area (Å²) in [4.78, 5) is 26.0. The molecule has 1 spiro atoms. The summed E-state index contributed by atoms with van der Waals surface area (Å²) < 4.78 is 11.5. The molecule has 2 amide bonds. The van der Waals surface area contributed by atoms with Crippen LogP contribution in [0, 0.1) is 5.41 Å². The molecular formula is C18H32N2O4. The lowest BCUT2D eigenvalue weighted by Crippen LogP contribution is -2.48.